The number of nitrogens with zero attached hydrogens (tertiary/aromatic N) is 3. The highest BCUT2D eigenvalue weighted by Gasteiger charge is 2.20. The maximum absolute atomic E-state index is 12.1. The van der Waals surface area contributed by atoms with Crippen LogP contribution in [-0.2, 0) is 4.74 Å². The fourth-order valence-electron chi connectivity index (χ4n) is 3.21. The van der Waals surface area contributed by atoms with Crippen molar-refractivity contribution < 1.29 is 14.6 Å². The summed E-state index contributed by atoms with van der Waals surface area (Å²) in [6.07, 6.45) is 7.37. The molecule has 1 fully saturated rings. The minimum atomic E-state index is -0.495. The van der Waals surface area contributed by atoms with Crippen LogP contribution in [0.5, 0.6) is 0 Å². The van der Waals surface area contributed by atoms with Gasteiger partial charge in [0.25, 0.3) is 0 Å². The molecular formula is C21H35N3O3. The number of aliphatic hydroxyl groups excluding tert-OH is 1. The number of rotatable bonds is 9. The van der Waals surface area contributed by atoms with Crippen LogP contribution in [0.3, 0.4) is 0 Å². The number of esters is 1. The highest BCUT2D eigenvalue weighted by molar-refractivity contribution is 5.89. The van der Waals surface area contributed by atoms with Gasteiger partial charge in [-0.15, -0.1) is 0 Å². The van der Waals surface area contributed by atoms with E-state index >= 15 is 0 Å². The molecule has 6 heteroatoms. The van der Waals surface area contributed by atoms with Crippen molar-refractivity contribution in [2.75, 3.05) is 44.2 Å². The molecule has 0 aliphatic carbocycles. The predicted molar refractivity (Wildman–Crippen MR) is 108 cm³/mol. The third-order valence-electron chi connectivity index (χ3n) is 4.71. The molecule has 0 spiro atoms. The summed E-state index contributed by atoms with van der Waals surface area (Å²) >= 11 is 0. The van der Waals surface area contributed by atoms with Gasteiger partial charge in [0, 0.05) is 39.0 Å². The Hall–Kier alpha value is -1.66. The summed E-state index contributed by atoms with van der Waals surface area (Å²) in [5.41, 5.74) is -0.00113. The van der Waals surface area contributed by atoms with E-state index < -0.39 is 5.60 Å². The minimum Gasteiger partial charge on any atom is -0.456 e. The number of aromatic nitrogens is 1. The number of aliphatic hydroxyl groups is 1. The Morgan fingerprint density at radius 1 is 1.07 bits per heavy atom. The van der Waals surface area contributed by atoms with Crippen molar-refractivity contribution in [3.63, 3.8) is 0 Å². The highest BCUT2D eigenvalue weighted by atomic mass is 16.6. The maximum atomic E-state index is 12.1. The molecule has 0 atom stereocenters. The van der Waals surface area contributed by atoms with E-state index in [0.29, 0.717) is 12.2 Å². The van der Waals surface area contributed by atoms with Crippen molar-refractivity contribution >= 4 is 11.8 Å². The van der Waals surface area contributed by atoms with Crippen LogP contribution in [0, 0.1) is 0 Å². The van der Waals surface area contributed by atoms with Gasteiger partial charge in [-0.05, 0) is 52.3 Å². The Morgan fingerprint density at radius 2 is 1.74 bits per heavy atom. The average molecular weight is 378 g/mol. The van der Waals surface area contributed by atoms with E-state index in [4.69, 9.17) is 9.84 Å². The van der Waals surface area contributed by atoms with Crippen molar-refractivity contribution in [2.45, 2.75) is 58.5 Å². The molecule has 0 bridgehead atoms. The number of piperazine rings is 1. The van der Waals surface area contributed by atoms with Crippen LogP contribution < -0.4 is 4.90 Å². The average Bonchev–Trinajstić information content (AvgIpc) is 2.64. The summed E-state index contributed by atoms with van der Waals surface area (Å²) in [6, 6.07) is 3.71. The quantitative estimate of drug-likeness (QED) is 0.527. The van der Waals surface area contributed by atoms with Crippen LogP contribution in [0.2, 0.25) is 0 Å². The molecule has 1 saturated heterocycles. The molecule has 1 aliphatic heterocycles. The predicted octanol–water partition coefficient (Wildman–Crippen LogP) is 3.10. The normalized spacial score (nSPS) is 15.8. The maximum Gasteiger partial charge on any atom is 0.340 e. The van der Waals surface area contributed by atoms with E-state index in [2.05, 4.69) is 14.8 Å². The second-order valence-corrected chi connectivity index (χ2v) is 8.23. The number of carbonyl (C=O) groups excluding carboxylic acids is 1. The van der Waals surface area contributed by atoms with Crippen molar-refractivity contribution in [2.24, 2.45) is 0 Å². The Kier molecular flexibility index (Phi) is 8.51. The van der Waals surface area contributed by atoms with E-state index in [-0.39, 0.29) is 5.97 Å². The SMILES string of the molecule is CC(C)(C)OC(=O)c1ccc(N2CCN(CCCCCCCO)CC2)nc1. The van der Waals surface area contributed by atoms with Gasteiger partial charge >= 0.3 is 5.97 Å². The van der Waals surface area contributed by atoms with Crippen molar-refractivity contribution in [1.82, 2.24) is 9.88 Å². The molecule has 27 heavy (non-hydrogen) atoms. The number of unbranched alkanes of at least 4 members (excludes halogenated alkanes) is 4. The summed E-state index contributed by atoms with van der Waals surface area (Å²) < 4.78 is 5.38. The lowest BCUT2D eigenvalue weighted by Crippen LogP contribution is -2.46. The second kappa shape index (κ2) is 10.6. The van der Waals surface area contributed by atoms with Crippen molar-refractivity contribution in [3.8, 4) is 0 Å². The summed E-state index contributed by atoms with van der Waals surface area (Å²) in [5.74, 6) is 0.594. The molecule has 1 aromatic rings. The molecule has 0 radical (unpaired) electrons. The molecule has 0 amide bonds. The molecule has 0 unspecified atom stereocenters. The van der Waals surface area contributed by atoms with Gasteiger partial charge in [0.15, 0.2) is 0 Å². The summed E-state index contributed by atoms with van der Waals surface area (Å²) in [4.78, 5) is 21.3. The fourth-order valence-corrected chi connectivity index (χ4v) is 3.21. The van der Waals surface area contributed by atoms with Crippen LogP contribution in [0.1, 0.15) is 63.2 Å². The Balaban J connectivity index is 1.72. The summed E-state index contributed by atoms with van der Waals surface area (Å²) in [7, 11) is 0. The van der Waals surface area contributed by atoms with Crippen molar-refractivity contribution in [3.05, 3.63) is 23.9 Å². The van der Waals surface area contributed by atoms with E-state index in [9.17, 15) is 4.79 Å². The molecule has 6 nitrogen and oxygen atoms in total. The number of hydrogen-bond donors (Lipinski definition) is 1. The van der Waals surface area contributed by atoms with Gasteiger partial charge in [-0.2, -0.15) is 0 Å². The van der Waals surface area contributed by atoms with E-state index in [1.165, 1.54) is 19.3 Å². The lowest BCUT2D eigenvalue weighted by Gasteiger charge is -2.35. The van der Waals surface area contributed by atoms with Crippen LogP contribution in [0.15, 0.2) is 18.3 Å². The van der Waals surface area contributed by atoms with Crippen LogP contribution in [0.4, 0.5) is 5.82 Å². The molecule has 1 N–H and O–H groups in total. The lowest BCUT2D eigenvalue weighted by molar-refractivity contribution is 0.00691. The third kappa shape index (κ3) is 7.85. The van der Waals surface area contributed by atoms with Gasteiger partial charge in [0.05, 0.1) is 5.56 Å². The van der Waals surface area contributed by atoms with Gasteiger partial charge in [-0.1, -0.05) is 19.3 Å². The zero-order chi connectivity index (χ0) is 19.7. The smallest absolute Gasteiger partial charge is 0.340 e. The molecule has 2 rings (SSSR count). The lowest BCUT2D eigenvalue weighted by atomic mass is 10.1. The fraction of sp³-hybridized carbons (Fsp3) is 0.714. The second-order valence-electron chi connectivity index (χ2n) is 8.23. The molecule has 1 aliphatic rings. The number of anilines is 1. The van der Waals surface area contributed by atoms with E-state index in [0.717, 1.165) is 51.4 Å². The first kappa shape index (κ1) is 21.6. The monoisotopic (exact) mass is 377 g/mol. The first-order valence-electron chi connectivity index (χ1n) is 10.2. The van der Waals surface area contributed by atoms with Gasteiger partial charge < -0.3 is 14.7 Å². The third-order valence-corrected chi connectivity index (χ3v) is 4.71. The number of pyridine rings is 1. The zero-order valence-electron chi connectivity index (χ0n) is 17.1. The molecule has 0 saturated carbocycles. The first-order chi connectivity index (χ1) is 12.9. The van der Waals surface area contributed by atoms with E-state index in [1.54, 1.807) is 12.3 Å². The van der Waals surface area contributed by atoms with E-state index in [1.807, 2.05) is 26.8 Å². The molecule has 2 heterocycles. The molecule has 0 aromatic carbocycles. The topological polar surface area (TPSA) is 65.9 Å². The van der Waals surface area contributed by atoms with Gasteiger partial charge in [-0.25, -0.2) is 9.78 Å². The minimum absolute atomic E-state index is 0.314. The molecular weight excluding hydrogens is 342 g/mol. The van der Waals surface area contributed by atoms with Gasteiger partial charge in [-0.3, -0.25) is 4.90 Å². The van der Waals surface area contributed by atoms with Crippen LogP contribution >= 0.6 is 0 Å². The number of ether oxygens (including phenoxy) is 1. The van der Waals surface area contributed by atoms with Crippen LogP contribution in [-0.4, -0.2) is 65.9 Å². The summed E-state index contributed by atoms with van der Waals surface area (Å²) in [5, 5.41) is 8.79. The van der Waals surface area contributed by atoms with Crippen LogP contribution in [0.25, 0.3) is 0 Å². The summed E-state index contributed by atoms with van der Waals surface area (Å²) in [6.45, 7) is 11.1. The Labute approximate surface area is 163 Å². The largest absolute Gasteiger partial charge is 0.456 e. The zero-order valence-corrected chi connectivity index (χ0v) is 17.1. The number of hydrogen-bond acceptors (Lipinski definition) is 6. The first-order valence-corrected chi connectivity index (χ1v) is 10.2. The standard InChI is InChI=1S/C21H35N3O3/c1-21(2,3)27-20(26)18-9-10-19(22-17-18)24-14-12-23(13-15-24)11-7-5-4-6-8-16-25/h9-10,17,25H,4-8,11-16H2,1-3H3. The Morgan fingerprint density at radius 3 is 2.33 bits per heavy atom. The molecule has 1 aromatic heterocycles. The highest BCUT2D eigenvalue weighted by Crippen LogP contribution is 2.17. The number of carbonyl (C=O) groups is 1. The van der Waals surface area contributed by atoms with Gasteiger partial charge in [0.1, 0.15) is 11.4 Å². The Bertz CT molecular complexity index is 561. The van der Waals surface area contributed by atoms with Gasteiger partial charge in [0.2, 0.25) is 0 Å². The molecule has 152 valence electrons. The van der Waals surface area contributed by atoms with Crippen molar-refractivity contribution in [1.29, 1.82) is 0 Å².